The SMILES string of the molecule is CC#N.CCC(CCc1c(C2(C(F)(F)F)CCC2)cccc1C1(C(F)(F)F)CCC1)N(CCc1ccccc1)C(C)C. The van der Waals surface area contributed by atoms with E-state index in [1.54, 1.807) is 6.07 Å². The fourth-order valence-electron chi connectivity index (χ4n) is 6.91. The third-order valence-electron chi connectivity index (χ3n) is 9.54. The van der Waals surface area contributed by atoms with E-state index in [0.717, 1.165) is 19.4 Å². The van der Waals surface area contributed by atoms with Gasteiger partial charge in [0.15, 0.2) is 0 Å². The molecule has 0 aliphatic heterocycles. The Morgan fingerprint density at radius 1 is 0.810 bits per heavy atom. The Morgan fingerprint density at radius 3 is 1.64 bits per heavy atom. The average molecular weight is 595 g/mol. The molecule has 0 aromatic heterocycles. The summed E-state index contributed by atoms with van der Waals surface area (Å²) >= 11 is 0. The number of nitriles is 1. The second-order valence-corrected chi connectivity index (χ2v) is 12.1. The first kappa shape index (κ1) is 34.0. The van der Waals surface area contributed by atoms with Gasteiger partial charge in [0.25, 0.3) is 0 Å². The lowest BCUT2D eigenvalue weighted by Crippen LogP contribution is -2.51. The Bertz CT molecular complexity index is 1120. The van der Waals surface area contributed by atoms with Crippen LogP contribution in [0.4, 0.5) is 26.3 Å². The quantitative estimate of drug-likeness (QED) is 0.242. The third kappa shape index (κ3) is 6.82. The lowest BCUT2D eigenvalue weighted by Gasteiger charge is -2.48. The van der Waals surface area contributed by atoms with Crippen molar-refractivity contribution in [3.63, 3.8) is 0 Å². The molecule has 0 spiro atoms. The molecule has 2 nitrogen and oxygen atoms in total. The van der Waals surface area contributed by atoms with E-state index in [1.165, 1.54) is 30.7 Å². The monoisotopic (exact) mass is 594 g/mol. The lowest BCUT2D eigenvalue weighted by atomic mass is 9.58. The zero-order valence-corrected chi connectivity index (χ0v) is 25.2. The van der Waals surface area contributed by atoms with E-state index in [0.29, 0.717) is 24.8 Å². The molecule has 0 radical (unpaired) electrons. The number of nitrogens with zero attached hydrogens (tertiary/aromatic N) is 2. The first-order valence-electron chi connectivity index (χ1n) is 15.1. The molecule has 1 unspecified atom stereocenters. The van der Waals surface area contributed by atoms with E-state index in [-0.39, 0.29) is 55.3 Å². The summed E-state index contributed by atoms with van der Waals surface area (Å²) in [6.07, 6.45) is -5.99. The molecule has 2 aliphatic carbocycles. The minimum Gasteiger partial charge on any atom is -0.298 e. The van der Waals surface area contributed by atoms with Crippen molar-refractivity contribution >= 4 is 0 Å². The molecule has 2 aromatic rings. The summed E-state index contributed by atoms with van der Waals surface area (Å²) < 4.78 is 87.1. The van der Waals surface area contributed by atoms with Crippen molar-refractivity contribution in [3.05, 3.63) is 70.8 Å². The van der Waals surface area contributed by atoms with Gasteiger partial charge >= 0.3 is 12.4 Å². The zero-order chi connectivity index (χ0) is 31.2. The highest BCUT2D eigenvalue weighted by molar-refractivity contribution is 5.48. The van der Waals surface area contributed by atoms with Crippen molar-refractivity contribution in [2.45, 2.75) is 127 Å². The van der Waals surface area contributed by atoms with Crippen molar-refractivity contribution in [1.82, 2.24) is 4.90 Å². The molecule has 0 heterocycles. The highest BCUT2D eigenvalue weighted by atomic mass is 19.4. The number of hydrogen-bond donors (Lipinski definition) is 0. The fraction of sp³-hybridized carbons (Fsp3) is 0.618. The van der Waals surface area contributed by atoms with E-state index in [9.17, 15) is 26.3 Å². The van der Waals surface area contributed by atoms with Crippen LogP contribution in [-0.4, -0.2) is 35.9 Å². The predicted octanol–water partition coefficient (Wildman–Crippen LogP) is 9.85. The standard InChI is InChI=1S/C32H41F6N.C2H3N/c1-4-25(39(23(2)3)22-17-24-11-6-5-7-12-24)15-16-26-27(29(18-9-19-29)31(33,34)35)13-8-14-28(26)30(20-10-21-30)32(36,37)38;1-2-3/h5-8,11-14,23,25H,4,9-10,15-22H2,1-3H3;1H3. The van der Waals surface area contributed by atoms with Gasteiger partial charge in [-0.3, -0.25) is 4.90 Å². The normalized spacial score (nSPS) is 18.4. The van der Waals surface area contributed by atoms with Crippen LogP contribution in [-0.2, 0) is 23.7 Å². The maximum absolute atomic E-state index is 14.5. The molecule has 4 rings (SSSR count). The summed E-state index contributed by atoms with van der Waals surface area (Å²) in [5, 5.41) is 7.32. The smallest absolute Gasteiger partial charge is 0.298 e. The van der Waals surface area contributed by atoms with Gasteiger partial charge in [-0.1, -0.05) is 68.3 Å². The molecule has 42 heavy (non-hydrogen) atoms. The topological polar surface area (TPSA) is 27.0 Å². The van der Waals surface area contributed by atoms with Gasteiger partial charge in [-0.15, -0.1) is 0 Å². The summed E-state index contributed by atoms with van der Waals surface area (Å²) in [6, 6.07) is 16.5. The second kappa shape index (κ2) is 13.8. The van der Waals surface area contributed by atoms with Crippen molar-refractivity contribution in [2.75, 3.05) is 6.54 Å². The van der Waals surface area contributed by atoms with Gasteiger partial charge in [0.1, 0.15) is 0 Å². The Hall–Kier alpha value is -2.53. The van der Waals surface area contributed by atoms with Crippen LogP contribution in [0, 0.1) is 11.3 Å². The minimum atomic E-state index is -4.49. The summed E-state index contributed by atoms with van der Waals surface area (Å²) in [6.45, 7) is 8.48. The van der Waals surface area contributed by atoms with Crippen molar-refractivity contribution in [2.24, 2.45) is 0 Å². The molecule has 232 valence electrons. The number of benzene rings is 2. The van der Waals surface area contributed by atoms with Crippen molar-refractivity contribution in [1.29, 1.82) is 5.26 Å². The van der Waals surface area contributed by atoms with Gasteiger partial charge in [-0.05, 0) is 87.5 Å². The number of rotatable bonds is 11. The Balaban J connectivity index is 0.00000155. The van der Waals surface area contributed by atoms with E-state index >= 15 is 0 Å². The van der Waals surface area contributed by atoms with Crippen LogP contribution in [0.5, 0.6) is 0 Å². The maximum Gasteiger partial charge on any atom is 0.398 e. The summed E-state index contributed by atoms with van der Waals surface area (Å²) in [5.74, 6) is 0. The molecule has 0 saturated heterocycles. The molecule has 0 N–H and O–H groups in total. The second-order valence-electron chi connectivity index (χ2n) is 12.1. The molecule has 8 heteroatoms. The van der Waals surface area contributed by atoms with Gasteiger partial charge < -0.3 is 0 Å². The predicted molar refractivity (Wildman–Crippen MR) is 155 cm³/mol. The largest absolute Gasteiger partial charge is 0.398 e. The summed E-state index contributed by atoms with van der Waals surface area (Å²) in [4.78, 5) is 2.36. The first-order chi connectivity index (χ1) is 19.8. The van der Waals surface area contributed by atoms with Crippen LogP contribution in [0.1, 0.15) is 101 Å². The molecule has 0 amide bonds. The molecule has 1 atom stereocenters. The molecule has 2 saturated carbocycles. The number of alkyl halides is 6. The van der Waals surface area contributed by atoms with Gasteiger partial charge in [-0.25, -0.2) is 0 Å². The highest BCUT2D eigenvalue weighted by Gasteiger charge is 2.63. The van der Waals surface area contributed by atoms with Crippen LogP contribution < -0.4 is 0 Å². The highest BCUT2D eigenvalue weighted by Crippen LogP contribution is 2.59. The van der Waals surface area contributed by atoms with E-state index in [1.807, 2.05) is 18.2 Å². The van der Waals surface area contributed by atoms with E-state index in [2.05, 4.69) is 37.8 Å². The first-order valence-corrected chi connectivity index (χ1v) is 15.1. The number of hydrogen-bond acceptors (Lipinski definition) is 2. The Labute approximate surface area is 247 Å². The van der Waals surface area contributed by atoms with Crippen molar-refractivity contribution in [3.8, 4) is 6.07 Å². The molecule has 0 bridgehead atoms. The van der Waals surface area contributed by atoms with Gasteiger partial charge in [0.2, 0.25) is 0 Å². The number of halogens is 6. The maximum atomic E-state index is 14.5. The molecular weight excluding hydrogens is 550 g/mol. The van der Waals surface area contributed by atoms with Gasteiger partial charge in [0.05, 0.1) is 16.9 Å². The third-order valence-corrected chi connectivity index (χ3v) is 9.54. The minimum absolute atomic E-state index is 0.0565. The Kier molecular flexibility index (Phi) is 11.2. The Morgan fingerprint density at radius 2 is 1.29 bits per heavy atom. The van der Waals surface area contributed by atoms with E-state index < -0.39 is 23.2 Å². The summed E-state index contributed by atoms with van der Waals surface area (Å²) in [5.41, 5.74) is -2.39. The van der Waals surface area contributed by atoms with Crippen LogP contribution in [0.2, 0.25) is 0 Å². The van der Waals surface area contributed by atoms with Crippen LogP contribution >= 0.6 is 0 Å². The van der Waals surface area contributed by atoms with Crippen LogP contribution in [0.3, 0.4) is 0 Å². The van der Waals surface area contributed by atoms with E-state index in [4.69, 9.17) is 5.26 Å². The molecule has 2 aliphatic rings. The van der Waals surface area contributed by atoms with Gasteiger partial charge in [-0.2, -0.15) is 31.6 Å². The molecular formula is C34H44F6N2. The molecule has 2 fully saturated rings. The average Bonchev–Trinajstić information content (AvgIpc) is 2.84. The van der Waals surface area contributed by atoms with Crippen LogP contribution in [0.25, 0.3) is 0 Å². The lowest BCUT2D eigenvalue weighted by molar-refractivity contribution is -0.215. The molecule has 2 aromatic carbocycles. The summed E-state index contributed by atoms with van der Waals surface area (Å²) in [7, 11) is 0. The fourth-order valence-corrected chi connectivity index (χ4v) is 6.91. The van der Waals surface area contributed by atoms with Crippen LogP contribution in [0.15, 0.2) is 48.5 Å². The van der Waals surface area contributed by atoms with Gasteiger partial charge in [0, 0.05) is 25.6 Å². The zero-order valence-electron chi connectivity index (χ0n) is 25.2. The van der Waals surface area contributed by atoms with Crippen molar-refractivity contribution < 1.29 is 26.3 Å².